The van der Waals surface area contributed by atoms with Crippen molar-refractivity contribution in [2.75, 3.05) is 7.05 Å². The van der Waals surface area contributed by atoms with Crippen LogP contribution in [0.15, 0.2) is 0 Å². The highest BCUT2D eigenvalue weighted by Gasteiger charge is 2.19. The summed E-state index contributed by atoms with van der Waals surface area (Å²) < 4.78 is 0. The summed E-state index contributed by atoms with van der Waals surface area (Å²) in [4.78, 5) is 2.10. The summed E-state index contributed by atoms with van der Waals surface area (Å²) in [6, 6.07) is 0.618. The minimum absolute atomic E-state index is 0.284. The van der Waals surface area contributed by atoms with Crippen molar-refractivity contribution in [1.29, 1.82) is 0 Å². The van der Waals surface area contributed by atoms with E-state index in [4.69, 9.17) is 0 Å². The summed E-state index contributed by atoms with van der Waals surface area (Å²) in [5.74, 6) is 0. The second-order valence-electron chi connectivity index (χ2n) is 3.94. The molecule has 0 aromatic heterocycles. The molecule has 2 heteroatoms. The molecule has 0 bridgehead atoms. The van der Waals surface area contributed by atoms with Crippen LogP contribution in [0.25, 0.3) is 0 Å². The van der Waals surface area contributed by atoms with Crippen molar-refractivity contribution in [3.8, 4) is 0 Å². The molecular weight excluding hydrogens is 150 g/mol. The first kappa shape index (κ1) is 10.0. The van der Waals surface area contributed by atoms with Crippen LogP contribution >= 0.6 is 0 Å². The van der Waals surface area contributed by atoms with Crippen LogP contribution in [-0.2, 0) is 0 Å². The van der Waals surface area contributed by atoms with Gasteiger partial charge in [0, 0.05) is 6.04 Å². The summed E-state index contributed by atoms with van der Waals surface area (Å²) in [5.41, 5.74) is 0. The number of hydrogen-bond acceptors (Lipinski definition) is 2. The average molecular weight is 171 g/mol. The van der Waals surface area contributed by atoms with Gasteiger partial charge in [-0.05, 0) is 26.8 Å². The maximum absolute atomic E-state index is 9.39. The second kappa shape index (κ2) is 4.83. The van der Waals surface area contributed by atoms with Crippen LogP contribution < -0.4 is 0 Å². The quantitative estimate of drug-likeness (QED) is 0.507. The lowest BCUT2D eigenvalue weighted by Crippen LogP contribution is -2.38. The van der Waals surface area contributed by atoms with Crippen LogP contribution in [0.4, 0.5) is 0 Å². The molecule has 0 amide bonds. The highest BCUT2D eigenvalue weighted by atomic mass is 16.3. The molecule has 12 heavy (non-hydrogen) atoms. The first-order valence-corrected chi connectivity index (χ1v) is 5.12. The molecule has 1 aliphatic carbocycles. The van der Waals surface area contributed by atoms with Crippen molar-refractivity contribution in [1.82, 2.24) is 4.90 Å². The average Bonchev–Trinajstić information content (AvgIpc) is 2.30. The third-order valence-electron chi connectivity index (χ3n) is 2.99. The Kier molecular flexibility index (Phi) is 4.02. The van der Waals surface area contributed by atoms with Gasteiger partial charge in [-0.3, -0.25) is 4.90 Å². The normalized spacial score (nSPS) is 24.0. The van der Waals surface area contributed by atoms with E-state index in [0.717, 1.165) is 0 Å². The minimum Gasteiger partial charge on any atom is -0.379 e. The van der Waals surface area contributed by atoms with E-state index in [0.29, 0.717) is 6.04 Å². The van der Waals surface area contributed by atoms with E-state index in [1.54, 1.807) is 0 Å². The highest BCUT2D eigenvalue weighted by Crippen LogP contribution is 2.21. The summed E-state index contributed by atoms with van der Waals surface area (Å²) in [7, 11) is 2.03. The molecule has 1 unspecified atom stereocenters. The molecule has 0 aliphatic heterocycles. The fourth-order valence-corrected chi connectivity index (χ4v) is 1.97. The Labute approximate surface area is 75.6 Å². The SMILES string of the molecule is CC(O)N(C)C1CCCCCC1. The van der Waals surface area contributed by atoms with Gasteiger partial charge >= 0.3 is 0 Å². The van der Waals surface area contributed by atoms with Gasteiger partial charge in [-0.15, -0.1) is 0 Å². The summed E-state index contributed by atoms with van der Waals surface area (Å²) in [5, 5.41) is 9.39. The number of nitrogens with zero attached hydrogens (tertiary/aromatic N) is 1. The van der Waals surface area contributed by atoms with Gasteiger partial charge < -0.3 is 5.11 Å². The third-order valence-corrected chi connectivity index (χ3v) is 2.99. The highest BCUT2D eigenvalue weighted by molar-refractivity contribution is 4.72. The molecule has 1 rings (SSSR count). The fourth-order valence-electron chi connectivity index (χ4n) is 1.97. The Hall–Kier alpha value is -0.0800. The van der Waals surface area contributed by atoms with Crippen LogP contribution in [0.3, 0.4) is 0 Å². The summed E-state index contributed by atoms with van der Waals surface area (Å²) in [6.07, 6.45) is 7.67. The van der Waals surface area contributed by atoms with Gasteiger partial charge in [0.05, 0.1) is 0 Å². The van der Waals surface area contributed by atoms with E-state index in [1.165, 1.54) is 38.5 Å². The van der Waals surface area contributed by atoms with Crippen molar-refractivity contribution in [2.24, 2.45) is 0 Å². The first-order valence-electron chi connectivity index (χ1n) is 5.12. The van der Waals surface area contributed by atoms with Crippen molar-refractivity contribution < 1.29 is 5.11 Å². The van der Waals surface area contributed by atoms with Crippen LogP contribution in [0.2, 0.25) is 0 Å². The zero-order valence-corrected chi connectivity index (χ0v) is 8.29. The standard InChI is InChI=1S/C10H21NO/c1-9(12)11(2)10-7-5-3-4-6-8-10/h9-10,12H,3-8H2,1-2H3. The number of rotatable bonds is 2. The minimum atomic E-state index is -0.284. The fraction of sp³-hybridized carbons (Fsp3) is 1.00. The van der Waals surface area contributed by atoms with E-state index in [2.05, 4.69) is 4.90 Å². The van der Waals surface area contributed by atoms with Gasteiger partial charge in [0.25, 0.3) is 0 Å². The largest absolute Gasteiger partial charge is 0.379 e. The Morgan fingerprint density at radius 1 is 1.17 bits per heavy atom. The van der Waals surface area contributed by atoms with Gasteiger partial charge in [-0.2, -0.15) is 0 Å². The topological polar surface area (TPSA) is 23.5 Å². The summed E-state index contributed by atoms with van der Waals surface area (Å²) in [6.45, 7) is 1.85. The molecule has 0 aromatic carbocycles. The van der Waals surface area contributed by atoms with E-state index in [1.807, 2.05) is 14.0 Å². The maximum Gasteiger partial charge on any atom is 0.104 e. The molecule has 0 heterocycles. The van der Waals surface area contributed by atoms with Gasteiger partial charge in [0.15, 0.2) is 0 Å². The molecule has 0 aromatic rings. The summed E-state index contributed by atoms with van der Waals surface area (Å²) >= 11 is 0. The van der Waals surface area contributed by atoms with Gasteiger partial charge in [0.2, 0.25) is 0 Å². The van der Waals surface area contributed by atoms with Gasteiger partial charge in [-0.25, -0.2) is 0 Å². The molecular formula is C10H21NO. The van der Waals surface area contributed by atoms with E-state index < -0.39 is 0 Å². The van der Waals surface area contributed by atoms with Crippen molar-refractivity contribution in [3.63, 3.8) is 0 Å². The molecule has 0 saturated heterocycles. The molecule has 0 radical (unpaired) electrons. The van der Waals surface area contributed by atoms with Crippen LogP contribution in [0.5, 0.6) is 0 Å². The molecule has 1 fully saturated rings. The number of aliphatic hydroxyl groups excluding tert-OH is 1. The van der Waals surface area contributed by atoms with Crippen molar-refractivity contribution in [3.05, 3.63) is 0 Å². The number of hydrogen-bond donors (Lipinski definition) is 1. The molecule has 1 saturated carbocycles. The maximum atomic E-state index is 9.39. The predicted octanol–water partition coefficient (Wildman–Crippen LogP) is 1.98. The lowest BCUT2D eigenvalue weighted by atomic mass is 10.1. The Balaban J connectivity index is 2.37. The molecule has 1 atom stereocenters. The van der Waals surface area contributed by atoms with Crippen LogP contribution in [0, 0.1) is 0 Å². The van der Waals surface area contributed by atoms with Gasteiger partial charge in [0.1, 0.15) is 6.23 Å². The smallest absolute Gasteiger partial charge is 0.104 e. The van der Waals surface area contributed by atoms with Crippen molar-refractivity contribution >= 4 is 0 Å². The third kappa shape index (κ3) is 2.76. The van der Waals surface area contributed by atoms with E-state index in [9.17, 15) is 5.11 Å². The van der Waals surface area contributed by atoms with Crippen LogP contribution in [-0.4, -0.2) is 29.3 Å². The Morgan fingerprint density at radius 2 is 1.67 bits per heavy atom. The van der Waals surface area contributed by atoms with E-state index >= 15 is 0 Å². The molecule has 1 aliphatic rings. The monoisotopic (exact) mass is 171 g/mol. The van der Waals surface area contributed by atoms with Crippen molar-refractivity contribution in [2.45, 2.75) is 57.7 Å². The predicted molar refractivity (Wildman–Crippen MR) is 50.9 cm³/mol. The number of aliphatic hydroxyl groups is 1. The van der Waals surface area contributed by atoms with Gasteiger partial charge in [-0.1, -0.05) is 25.7 Å². The van der Waals surface area contributed by atoms with Crippen LogP contribution in [0.1, 0.15) is 45.4 Å². The molecule has 1 N–H and O–H groups in total. The Morgan fingerprint density at radius 3 is 2.08 bits per heavy atom. The first-order chi connectivity index (χ1) is 5.72. The molecule has 0 spiro atoms. The lowest BCUT2D eigenvalue weighted by molar-refractivity contribution is 0.00421. The zero-order valence-electron chi connectivity index (χ0n) is 8.29. The zero-order chi connectivity index (χ0) is 8.97. The second-order valence-corrected chi connectivity index (χ2v) is 3.94. The lowest BCUT2D eigenvalue weighted by Gasteiger charge is -2.29. The molecule has 72 valence electrons. The molecule has 2 nitrogen and oxygen atoms in total. The van der Waals surface area contributed by atoms with E-state index in [-0.39, 0.29) is 6.23 Å². The Bertz CT molecular complexity index is 117.